The van der Waals surface area contributed by atoms with E-state index in [9.17, 15) is 14.4 Å². The first kappa shape index (κ1) is 15.6. The van der Waals surface area contributed by atoms with Gasteiger partial charge in [0.05, 0.1) is 6.42 Å². The molecule has 0 N–H and O–H groups in total. The zero-order valence-electron chi connectivity index (χ0n) is 11.9. The zero-order chi connectivity index (χ0) is 15.9. The van der Waals surface area contributed by atoms with Gasteiger partial charge < -0.3 is 9.47 Å². The smallest absolute Gasteiger partial charge is 0.345 e. The van der Waals surface area contributed by atoms with Crippen molar-refractivity contribution in [2.75, 3.05) is 6.61 Å². The number of esters is 2. The van der Waals surface area contributed by atoms with Crippen LogP contribution >= 0.6 is 0 Å². The van der Waals surface area contributed by atoms with E-state index >= 15 is 0 Å². The number of nitrogens with zero attached hydrogens (tertiary/aromatic N) is 1. The van der Waals surface area contributed by atoms with Crippen LogP contribution in [0.25, 0.3) is 0 Å². The molecule has 1 aliphatic rings. The highest BCUT2D eigenvalue weighted by Gasteiger charge is 2.35. The van der Waals surface area contributed by atoms with Crippen molar-refractivity contribution in [1.82, 2.24) is 0 Å². The molecule has 0 spiro atoms. The lowest BCUT2D eigenvalue weighted by Gasteiger charge is -2.03. The average Bonchev–Trinajstić information content (AvgIpc) is 2.93. The number of carbonyl (C=O) groups is 3. The summed E-state index contributed by atoms with van der Waals surface area (Å²) < 4.78 is 9.77. The second kappa shape index (κ2) is 7.31. The van der Waals surface area contributed by atoms with E-state index in [2.05, 4.69) is 11.6 Å². The molecule has 22 heavy (non-hydrogen) atoms. The van der Waals surface area contributed by atoms with Gasteiger partial charge in [0, 0.05) is 12.0 Å². The molecule has 1 atom stereocenters. The van der Waals surface area contributed by atoms with Gasteiger partial charge in [-0.15, -0.1) is 0 Å². The maximum atomic E-state index is 12.0. The fourth-order valence-electron chi connectivity index (χ4n) is 1.85. The van der Waals surface area contributed by atoms with Crippen LogP contribution in [0.4, 0.5) is 0 Å². The topological polar surface area (TPSA) is 82.0 Å². The molecule has 0 saturated heterocycles. The Kier molecular flexibility index (Phi) is 5.19. The van der Waals surface area contributed by atoms with Crippen molar-refractivity contribution < 1.29 is 23.9 Å². The Balaban J connectivity index is 1.95. The fraction of sp³-hybridized carbons (Fsp3) is 0.250. The number of rotatable bonds is 7. The standard InChI is InChI=1S/C16H15NO5/c1-2-10-21-13(19)9-8-12(18)14-16(20)22-15(17-14)11-6-4-3-5-7-11/h2-7,14H,1,8-10H2. The molecule has 1 unspecified atom stereocenters. The van der Waals surface area contributed by atoms with Gasteiger partial charge in [-0.1, -0.05) is 30.9 Å². The van der Waals surface area contributed by atoms with E-state index in [0.29, 0.717) is 5.56 Å². The van der Waals surface area contributed by atoms with Gasteiger partial charge >= 0.3 is 11.9 Å². The normalized spacial score (nSPS) is 16.6. The predicted octanol–water partition coefficient (Wildman–Crippen LogP) is 1.44. The molecule has 0 aliphatic carbocycles. The highest BCUT2D eigenvalue weighted by molar-refractivity contribution is 6.15. The summed E-state index contributed by atoms with van der Waals surface area (Å²) in [5.41, 5.74) is 0.622. The summed E-state index contributed by atoms with van der Waals surface area (Å²) in [6, 6.07) is 7.62. The lowest BCUT2D eigenvalue weighted by atomic mass is 10.1. The number of cyclic esters (lactones) is 1. The van der Waals surface area contributed by atoms with Gasteiger partial charge in [0.25, 0.3) is 0 Å². The minimum atomic E-state index is -1.21. The Morgan fingerprint density at radius 3 is 2.68 bits per heavy atom. The van der Waals surface area contributed by atoms with Crippen molar-refractivity contribution in [1.29, 1.82) is 0 Å². The SMILES string of the molecule is C=CCOC(=O)CCC(=O)C1N=C(c2ccccc2)OC1=O. The predicted molar refractivity (Wildman–Crippen MR) is 78.3 cm³/mol. The van der Waals surface area contributed by atoms with Gasteiger partial charge in [-0.3, -0.25) is 9.59 Å². The first-order chi connectivity index (χ1) is 10.6. The number of aliphatic imine (C=N–C) groups is 1. The highest BCUT2D eigenvalue weighted by Crippen LogP contribution is 2.15. The molecule has 1 aromatic carbocycles. The van der Waals surface area contributed by atoms with E-state index in [0.717, 1.165) is 0 Å². The van der Waals surface area contributed by atoms with Crippen LogP contribution < -0.4 is 0 Å². The zero-order valence-corrected chi connectivity index (χ0v) is 11.9. The average molecular weight is 301 g/mol. The van der Waals surface area contributed by atoms with Crippen LogP contribution in [-0.2, 0) is 23.9 Å². The Morgan fingerprint density at radius 1 is 1.27 bits per heavy atom. The third-order valence-electron chi connectivity index (χ3n) is 2.93. The molecular formula is C16H15NO5. The summed E-state index contributed by atoms with van der Waals surface area (Å²) in [5.74, 6) is -1.58. The molecule has 1 heterocycles. The van der Waals surface area contributed by atoms with E-state index < -0.39 is 23.8 Å². The van der Waals surface area contributed by atoms with Crippen molar-refractivity contribution >= 4 is 23.6 Å². The van der Waals surface area contributed by atoms with Gasteiger partial charge in [-0.05, 0) is 12.1 Å². The molecule has 0 bridgehead atoms. The Labute approximate surface area is 127 Å². The van der Waals surface area contributed by atoms with E-state index in [1.165, 1.54) is 6.08 Å². The monoisotopic (exact) mass is 301 g/mol. The highest BCUT2D eigenvalue weighted by atomic mass is 16.6. The van der Waals surface area contributed by atoms with Gasteiger partial charge in [0.15, 0.2) is 5.78 Å². The summed E-state index contributed by atoms with van der Waals surface area (Å²) in [6.07, 6.45) is 1.21. The second-order valence-corrected chi connectivity index (χ2v) is 4.56. The van der Waals surface area contributed by atoms with Crippen molar-refractivity contribution in [2.24, 2.45) is 4.99 Å². The molecule has 6 heteroatoms. The van der Waals surface area contributed by atoms with E-state index in [1.807, 2.05) is 6.07 Å². The molecule has 1 aliphatic heterocycles. The van der Waals surface area contributed by atoms with E-state index in [4.69, 9.17) is 9.47 Å². The summed E-state index contributed by atoms with van der Waals surface area (Å²) >= 11 is 0. The van der Waals surface area contributed by atoms with Crippen LogP contribution in [0.15, 0.2) is 48.0 Å². The summed E-state index contributed by atoms with van der Waals surface area (Å²) in [7, 11) is 0. The number of benzene rings is 1. The van der Waals surface area contributed by atoms with E-state index in [1.54, 1.807) is 24.3 Å². The lowest BCUT2D eigenvalue weighted by molar-refractivity contribution is -0.145. The van der Waals surface area contributed by atoms with Crippen LogP contribution in [0.5, 0.6) is 0 Å². The van der Waals surface area contributed by atoms with Crippen molar-refractivity contribution in [3.63, 3.8) is 0 Å². The molecule has 0 radical (unpaired) electrons. The van der Waals surface area contributed by atoms with Crippen molar-refractivity contribution in [3.05, 3.63) is 48.6 Å². The van der Waals surface area contributed by atoms with Gasteiger partial charge in [0.1, 0.15) is 6.61 Å². The molecule has 2 rings (SSSR count). The first-order valence-electron chi connectivity index (χ1n) is 6.76. The summed E-state index contributed by atoms with van der Waals surface area (Å²) in [6.45, 7) is 3.51. The minimum absolute atomic E-state index is 0.0921. The van der Waals surface area contributed by atoms with Crippen molar-refractivity contribution in [2.45, 2.75) is 18.9 Å². The van der Waals surface area contributed by atoms with Crippen molar-refractivity contribution in [3.8, 4) is 0 Å². The molecule has 0 amide bonds. The Hall–Kier alpha value is -2.76. The number of ether oxygens (including phenoxy) is 2. The third-order valence-corrected chi connectivity index (χ3v) is 2.93. The van der Waals surface area contributed by atoms with Gasteiger partial charge in [0.2, 0.25) is 11.9 Å². The molecule has 6 nitrogen and oxygen atoms in total. The van der Waals surface area contributed by atoms with Crippen LogP contribution in [0.3, 0.4) is 0 Å². The molecule has 0 aromatic heterocycles. The molecule has 1 aromatic rings. The van der Waals surface area contributed by atoms with Crippen LogP contribution in [0.1, 0.15) is 18.4 Å². The first-order valence-corrected chi connectivity index (χ1v) is 6.76. The Bertz CT molecular complexity index is 621. The molecule has 0 fully saturated rings. The number of hydrogen-bond acceptors (Lipinski definition) is 6. The lowest BCUT2D eigenvalue weighted by Crippen LogP contribution is -2.26. The fourth-order valence-corrected chi connectivity index (χ4v) is 1.85. The van der Waals surface area contributed by atoms with Crippen LogP contribution in [0, 0.1) is 0 Å². The van der Waals surface area contributed by atoms with Crippen LogP contribution in [-0.4, -0.2) is 36.3 Å². The van der Waals surface area contributed by atoms with Crippen LogP contribution in [0.2, 0.25) is 0 Å². The van der Waals surface area contributed by atoms with Gasteiger partial charge in [-0.25, -0.2) is 9.79 Å². The summed E-state index contributed by atoms with van der Waals surface area (Å²) in [4.78, 5) is 39.0. The quantitative estimate of drug-likeness (QED) is 0.432. The molecular weight excluding hydrogens is 286 g/mol. The van der Waals surface area contributed by atoms with E-state index in [-0.39, 0.29) is 25.3 Å². The largest absolute Gasteiger partial charge is 0.461 e. The van der Waals surface area contributed by atoms with Gasteiger partial charge in [-0.2, -0.15) is 0 Å². The number of carbonyl (C=O) groups excluding carboxylic acids is 3. The minimum Gasteiger partial charge on any atom is -0.461 e. The Morgan fingerprint density at radius 2 is 2.00 bits per heavy atom. The maximum absolute atomic E-state index is 12.0. The summed E-state index contributed by atoms with van der Waals surface area (Å²) in [5, 5.41) is 0. The number of ketones is 1. The molecule has 114 valence electrons. The molecule has 0 saturated carbocycles. The number of hydrogen-bond donors (Lipinski definition) is 0. The maximum Gasteiger partial charge on any atom is 0.345 e. The third kappa shape index (κ3) is 3.88. The number of Topliss-reactive ketones (excluding diaryl/α,β-unsaturated/α-hetero) is 1. The second-order valence-electron chi connectivity index (χ2n) is 4.56.